The van der Waals surface area contributed by atoms with Crippen molar-refractivity contribution >= 4 is 28.4 Å². The number of likely N-dealkylation sites (N-methyl/N-ethyl adjacent to an activating group) is 1. The first-order valence-corrected chi connectivity index (χ1v) is 9.48. The second kappa shape index (κ2) is 6.69. The van der Waals surface area contributed by atoms with Gasteiger partial charge < -0.3 is 4.90 Å². The van der Waals surface area contributed by atoms with E-state index in [2.05, 4.69) is 23.7 Å². The van der Waals surface area contributed by atoms with E-state index in [0.717, 1.165) is 53.2 Å². The third-order valence-electron chi connectivity index (χ3n) is 4.82. The Balaban J connectivity index is 1.88. The zero-order valence-corrected chi connectivity index (χ0v) is 15.5. The minimum absolute atomic E-state index is 0.134. The number of nitro benzene ring substituents is 1. The van der Waals surface area contributed by atoms with Gasteiger partial charge in [-0.1, -0.05) is 25.6 Å². The monoisotopic (exact) mass is 369 g/mol. The van der Waals surface area contributed by atoms with E-state index >= 15 is 0 Å². The topological polar surface area (TPSA) is 77.1 Å². The summed E-state index contributed by atoms with van der Waals surface area (Å²) < 4.78 is 1.97. The van der Waals surface area contributed by atoms with E-state index in [0.29, 0.717) is 4.90 Å². The maximum absolute atomic E-state index is 11.5. The Hall–Kier alpha value is -2.45. The van der Waals surface area contributed by atoms with Crippen LogP contribution in [-0.2, 0) is 6.54 Å². The first-order chi connectivity index (χ1) is 12.6. The van der Waals surface area contributed by atoms with E-state index in [-0.39, 0.29) is 10.6 Å². The van der Waals surface area contributed by atoms with Gasteiger partial charge in [0.15, 0.2) is 0 Å². The van der Waals surface area contributed by atoms with Crippen molar-refractivity contribution in [3.05, 3.63) is 40.7 Å². The summed E-state index contributed by atoms with van der Waals surface area (Å²) in [5.41, 5.74) is 2.81. The number of hydrogen-bond acceptors (Lipinski definition) is 6. The molecule has 1 aromatic carbocycles. The van der Waals surface area contributed by atoms with Crippen LogP contribution in [0.1, 0.15) is 13.8 Å². The fourth-order valence-electron chi connectivity index (χ4n) is 3.37. The maximum atomic E-state index is 11.5. The van der Waals surface area contributed by atoms with E-state index in [1.165, 1.54) is 11.8 Å². The van der Waals surface area contributed by atoms with Crippen molar-refractivity contribution in [1.29, 1.82) is 0 Å². The predicted octanol–water partition coefficient (Wildman–Crippen LogP) is 3.81. The number of nitro groups is 1. The molecule has 8 heteroatoms. The fourth-order valence-corrected chi connectivity index (χ4v) is 4.53. The molecule has 0 atom stereocenters. The minimum atomic E-state index is -0.315. The molecule has 26 heavy (non-hydrogen) atoms. The van der Waals surface area contributed by atoms with Crippen molar-refractivity contribution in [2.75, 3.05) is 19.6 Å². The van der Waals surface area contributed by atoms with E-state index in [1.807, 2.05) is 16.8 Å². The molecule has 0 unspecified atom stereocenters. The summed E-state index contributed by atoms with van der Waals surface area (Å²) in [6, 6.07) is 5.30. The van der Waals surface area contributed by atoms with Gasteiger partial charge >= 0.3 is 0 Å². The third-order valence-corrected chi connectivity index (χ3v) is 6.01. The number of aromatic nitrogens is 3. The molecule has 2 aromatic heterocycles. The number of rotatable bonds is 6. The van der Waals surface area contributed by atoms with E-state index in [1.54, 1.807) is 18.5 Å². The van der Waals surface area contributed by atoms with Crippen LogP contribution in [0.4, 0.5) is 5.69 Å². The van der Waals surface area contributed by atoms with Crippen molar-refractivity contribution in [2.24, 2.45) is 0 Å². The molecule has 0 saturated carbocycles. The molecule has 0 bridgehead atoms. The summed E-state index contributed by atoms with van der Waals surface area (Å²) in [7, 11) is 0. The van der Waals surface area contributed by atoms with Crippen LogP contribution in [-0.4, -0.2) is 44.2 Å². The summed E-state index contributed by atoms with van der Waals surface area (Å²) in [5, 5.41) is 17.2. The lowest BCUT2D eigenvalue weighted by Crippen LogP contribution is -2.27. The zero-order chi connectivity index (χ0) is 18.3. The molecule has 1 aliphatic heterocycles. The molecule has 0 N–H and O–H groups in total. The Morgan fingerprint density at radius 1 is 1.27 bits per heavy atom. The maximum Gasteiger partial charge on any atom is 0.284 e. The van der Waals surface area contributed by atoms with Crippen molar-refractivity contribution in [3.63, 3.8) is 0 Å². The highest BCUT2D eigenvalue weighted by Crippen LogP contribution is 2.50. The van der Waals surface area contributed by atoms with Crippen molar-refractivity contribution in [2.45, 2.75) is 30.2 Å². The lowest BCUT2D eigenvalue weighted by atomic mass is 10.1. The van der Waals surface area contributed by atoms with Crippen molar-refractivity contribution < 1.29 is 4.92 Å². The zero-order valence-electron chi connectivity index (χ0n) is 14.7. The number of benzene rings is 1. The SMILES string of the molecule is CCN(CC)CCn1nc2c3c(c([N+](=O)[O-])ccc31)Sc1ccncc1-2. The van der Waals surface area contributed by atoms with Gasteiger partial charge in [-0.05, 0) is 25.2 Å². The highest BCUT2D eigenvalue weighted by Gasteiger charge is 2.29. The quantitative estimate of drug-likeness (QED) is 0.380. The van der Waals surface area contributed by atoms with Crippen LogP contribution < -0.4 is 0 Å². The Morgan fingerprint density at radius 3 is 2.81 bits per heavy atom. The second-order valence-electron chi connectivity index (χ2n) is 6.14. The van der Waals surface area contributed by atoms with Crippen LogP contribution in [0.15, 0.2) is 40.4 Å². The van der Waals surface area contributed by atoms with E-state index in [9.17, 15) is 10.1 Å². The summed E-state index contributed by atoms with van der Waals surface area (Å²) in [5.74, 6) is 0. The lowest BCUT2D eigenvalue weighted by molar-refractivity contribution is -0.387. The normalized spacial score (nSPS) is 12.6. The van der Waals surface area contributed by atoms with Gasteiger partial charge in [-0.25, -0.2) is 0 Å². The molecule has 3 heterocycles. The van der Waals surface area contributed by atoms with Crippen LogP contribution in [0.3, 0.4) is 0 Å². The molecule has 0 spiro atoms. The third kappa shape index (κ3) is 2.65. The molecule has 3 aromatic rings. The first kappa shape index (κ1) is 17.0. The molecule has 0 radical (unpaired) electrons. The fraction of sp³-hybridized carbons (Fsp3) is 0.333. The Morgan fingerprint density at radius 2 is 2.08 bits per heavy atom. The lowest BCUT2D eigenvalue weighted by Gasteiger charge is -2.17. The van der Waals surface area contributed by atoms with Crippen molar-refractivity contribution in [1.82, 2.24) is 19.7 Å². The number of hydrogen-bond donors (Lipinski definition) is 0. The van der Waals surface area contributed by atoms with Crippen LogP contribution in [0.2, 0.25) is 0 Å². The molecule has 0 saturated heterocycles. The highest BCUT2D eigenvalue weighted by molar-refractivity contribution is 8.00. The number of nitrogens with zero attached hydrogens (tertiary/aromatic N) is 5. The largest absolute Gasteiger partial charge is 0.302 e. The minimum Gasteiger partial charge on any atom is -0.302 e. The van der Waals surface area contributed by atoms with Gasteiger partial charge in [-0.2, -0.15) is 5.10 Å². The van der Waals surface area contributed by atoms with Gasteiger partial charge in [0.2, 0.25) is 0 Å². The molecule has 134 valence electrons. The van der Waals surface area contributed by atoms with Crippen LogP contribution in [0.5, 0.6) is 0 Å². The van der Waals surface area contributed by atoms with Crippen LogP contribution in [0, 0.1) is 10.1 Å². The Bertz CT molecular complexity index is 997. The smallest absolute Gasteiger partial charge is 0.284 e. The summed E-state index contributed by atoms with van der Waals surface area (Å²) >= 11 is 1.43. The Labute approximate surface area is 155 Å². The molecule has 1 aliphatic rings. The molecule has 0 fully saturated rings. The van der Waals surface area contributed by atoms with Gasteiger partial charge in [0.25, 0.3) is 5.69 Å². The average Bonchev–Trinajstić information content (AvgIpc) is 3.03. The molecule has 0 aliphatic carbocycles. The van der Waals surface area contributed by atoms with E-state index < -0.39 is 0 Å². The molecule has 7 nitrogen and oxygen atoms in total. The highest BCUT2D eigenvalue weighted by atomic mass is 32.2. The summed E-state index contributed by atoms with van der Waals surface area (Å²) in [6.07, 6.45) is 3.50. The predicted molar refractivity (Wildman–Crippen MR) is 102 cm³/mol. The number of fused-ring (bicyclic) bond motifs is 2. The van der Waals surface area contributed by atoms with Gasteiger partial charge in [0, 0.05) is 40.8 Å². The molecular formula is C18H19N5O2S. The second-order valence-corrected chi connectivity index (χ2v) is 7.19. The summed E-state index contributed by atoms with van der Waals surface area (Å²) in [4.78, 5) is 19.4. The molecular weight excluding hydrogens is 350 g/mol. The molecule has 4 rings (SSSR count). The summed E-state index contributed by atoms with van der Waals surface area (Å²) in [6.45, 7) is 7.90. The Kier molecular flexibility index (Phi) is 4.37. The van der Waals surface area contributed by atoms with Gasteiger partial charge in [-0.15, -0.1) is 0 Å². The van der Waals surface area contributed by atoms with Gasteiger partial charge in [0.1, 0.15) is 10.6 Å². The van der Waals surface area contributed by atoms with E-state index in [4.69, 9.17) is 5.10 Å². The van der Waals surface area contributed by atoms with Crippen LogP contribution in [0.25, 0.3) is 22.2 Å². The van der Waals surface area contributed by atoms with Gasteiger partial charge in [0.05, 0.1) is 17.0 Å². The van der Waals surface area contributed by atoms with Crippen molar-refractivity contribution in [3.8, 4) is 11.3 Å². The standard InChI is InChI=1S/C18H19N5O2S/c1-3-21(4-2)9-10-22-13-5-6-14(23(24)25)18-16(13)17(20-22)12-11-19-8-7-15(12)26-18/h5-8,11H,3-4,9-10H2,1-2H3. The molecule has 0 amide bonds. The van der Waals surface area contributed by atoms with Gasteiger partial charge in [-0.3, -0.25) is 19.8 Å². The average molecular weight is 369 g/mol. The first-order valence-electron chi connectivity index (χ1n) is 8.66. The number of pyridine rings is 1. The van der Waals surface area contributed by atoms with Crippen LogP contribution >= 0.6 is 11.8 Å².